The van der Waals surface area contributed by atoms with E-state index in [9.17, 15) is 10.2 Å². The first kappa shape index (κ1) is 12.0. The molecule has 0 aromatic carbocycles. The highest BCUT2D eigenvalue weighted by atomic mass is 16.3. The second-order valence-corrected chi connectivity index (χ2v) is 5.54. The predicted octanol–water partition coefficient (Wildman–Crippen LogP) is 2.24. The zero-order valence-corrected chi connectivity index (χ0v) is 9.91. The van der Waals surface area contributed by atoms with E-state index in [4.69, 9.17) is 6.42 Å². The summed E-state index contributed by atoms with van der Waals surface area (Å²) >= 11 is 0. The fourth-order valence-electron chi connectivity index (χ4n) is 3.83. The Hall–Kier alpha value is -0.520. The molecule has 90 valence electrons. The SMILES string of the molecule is C#CC[C@@]1(O)CCCC[C@]12CCCC[C@@H]2O. The van der Waals surface area contributed by atoms with Crippen molar-refractivity contribution < 1.29 is 10.2 Å². The minimum Gasteiger partial charge on any atom is -0.392 e. The van der Waals surface area contributed by atoms with E-state index in [1.165, 1.54) is 0 Å². The molecule has 0 radical (unpaired) electrons. The van der Waals surface area contributed by atoms with Crippen molar-refractivity contribution in [1.29, 1.82) is 0 Å². The number of rotatable bonds is 1. The molecule has 0 aromatic heterocycles. The zero-order valence-electron chi connectivity index (χ0n) is 9.91. The highest BCUT2D eigenvalue weighted by Gasteiger charge is 2.55. The molecule has 0 aliphatic heterocycles. The fourth-order valence-corrected chi connectivity index (χ4v) is 3.83. The molecule has 1 spiro atoms. The van der Waals surface area contributed by atoms with Gasteiger partial charge in [-0.25, -0.2) is 0 Å². The lowest BCUT2D eigenvalue weighted by Gasteiger charge is -2.54. The number of hydrogen-bond acceptors (Lipinski definition) is 2. The molecule has 2 rings (SSSR count). The van der Waals surface area contributed by atoms with Gasteiger partial charge in [-0.05, 0) is 25.7 Å². The third-order valence-corrected chi connectivity index (χ3v) is 4.77. The molecule has 2 aliphatic carbocycles. The maximum Gasteiger partial charge on any atom is 0.0836 e. The summed E-state index contributed by atoms with van der Waals surface area (Å²) in [6, 6.07) is 0. The van der Waals surface area contributed by atoms with Gasteiger partial charge >= 0.3 is 0 Å². The normalized spacial score (nSPS) is 44.2. The van der Waals surface area contributed by atoms with Crippen molar-refractivity contribution >= 4 is 0 Å². The largest absolute Gasteiger partial charge is 0.392 e. The van der Waals surface area contributed by atoms with E-state index in [1.54, 1.807) is 0 Å². The molecule has 2 fully saturated rings. The molecule has 2 aliphatic rings. The summed E-state index contributed by atoms with van der Waals surface area (Å²) in [5.74, 6) is 2.61. The van der Waals surface area contributed by atoms with Crippen LogP contribution in [0.2, 0.25) is 0 Å². The Morgan fingerprint density at radius 2 is 1.75 bits per heavy atom. The Kier molecular flexibility index (Phi) is 3.28. The summed E-state index contributed by atoms with van der Waals surface area (Å²) < 4.78 is 0. The molecule has 2 heteroatoms. The van der Waals surface area contributed by atoms with Crippen LogP contribution in [-0.2, 0) is 0 Å². The molecule has 0 amide bonds. The van der Waals surface area contributed by atoms with E-state index in [0.717, 1.165) is 51.4 Å². The van der Waals surface area contributed by atoms with Gasteiger partial charge in [-0.1, -0.05) is 25.7 Å². The van der Waals surface area contributed by atoms with Crippen molar-refractivity contribution in [3.63, 3.8) is 0 Å². The second-order valence-electron chi connectivity index (χ2n) is 5.54. The molecular weight excluding hydrogens is 200 g/mol. The molecule has 0 heterocycles. The van der Waals surface area contributed by atoms with Crippen molar-refractivity contribution in [1.82, 2.24) is 0 Å². The molecule has 2 nitrogen and oxygen atoms in total. The third kappa shape index (κ3) is 1.67. The summed E-state index contributed by atoms with van der Waals surface area (Å²) in [6.07, 6.45) is 13.2. The fraction of sp³-hybridized carbons (Fsp3) is 0.857. The van der Waals surface area contributed by atoms with Crippen molar-refractivity contribution in [3.8, 4) is 12.3 Å². The van der Waals surface area contributed by atoms with Gasteiger partial charge in [0.25, 0.3) is 0 Å². The quantitative estimate of drug-likeness (QED) is 0.668. The van der Waals surface area contributed by atoms with Crippen molar-refractivity contribution in [3.05, 3.63) is 0 Å². The van der Waals surface area contributed by atoms with Crippen LogP contribution < -0.4 is 0 Å². The number of aliphatic hydroxyl groups excluding tert-OH is 1. The van der Waals surface area contributed by atoms with Crippen LogP contribution in [0, 0.1) is 17.8 Å². The maximum absolute atomic E-state index is 10.8. The predicted molar refractivity (Wildman–Crippen MR) is 63.8 cm³/mol. The highest BCUT2D eigenvalue weighted by molar-refractivity contribution is 5.11. The third-order valence-electron chi connectivity index (χ3n) is 4.77. The Morgan fingerprint density at radius 1 is 1.12 bits per heavy atom. The zero-order chi connectivity index (χ0) is 11.6. The highest BCUT2D eigenvalue weighted by Crippen LogP contribution is 2.54. The first-order chi connectivity index (χ1) is 7.65. The molecule has 0 bridgehead atoms. The molecular formula is C14H22O2. The van der Waals surface area contributed by atoms with Crippen LogP contribution in [0.25, 0.3) is 0 Å². The lowest BCUT2D eigenvalue weighted by molar-refractivity contribution is -0.181. The van der Waals surface area contributed by atoms with Gasteiger partial charge in [-0.2, -0.15) is 0 Å². The van der Waals surface area contributed by atoms with Crippen LogP contribution >= 0.6 is 0 Å². The summed E-state index contributed by atoms with van der Waals surface area (Å²) in [6.45, 7) is 0. The minimum atomic E-state index is -0.820. The first-order valence-corrected chi connectivity index (χ1v) is 6.49. The molecule has 0 unspecified atom stereocenters. The summed E-state index contributed by atoms with van der Waals surface area (Å²) in [5.41, 5.74) is -1.13. The Bertz CT molecular complexity index is 288. The minimum absolute atomic E-state index is 0.310. The van der Waals surface area contributed by atoms with Gasteiger partial charge in [0.05, 0.1) is 11.7 Å². The first-order valence-electron chi connectivity index (χ1n) is 6.49. The van der Waals surface area contributed by atoms with E-state index in [1.807, 2.05) is 0 Å². The smallest absolute Gasteiger partial charge is 0.0836 e. The van der Waals surface area contributed by atoms with Gasteiger partial charge in [0.15, 0.2) is 0 Å². The van der Waals surface area contributed by atoms with Gasteiger partial charge in [0.1, 0.15) is 0 Å². The van der Waals surface area contributed by atoms with Gasteiger partial charge in [-0.3, -0.25) is 0 Å². The van der Waals surface area contributed by atoms with Gasteiger partial charge in [-0.15, -0.1) is 12.3 Å². The Morgan fingerprint density at radius 3 is 2.44 bits per heavy atom. The van der Waals surface area contributed by atoms with Crippen LogP contribution in [0.4, 0.5) is 0 Å². The molecule has 0 saturated heterocycles. The molecule has 3 atom stereocenters. The molecule has 2 saturated carbocycles. The number of hydrogen-bond donors (Lipinski definition) is 2. The maximum atomic E-state index is 10.8. The van der Waals surface area contributed by atoms with E-state index in [0.29, 0.717) is 6.42 Å². The average molecular weight is 222 g/mol. The van der Waals surface area contributed by atoms with Gasteiger partial charge in [0, 0.05) is 11.8 Å². The van der Waals surface area contributed by atoms with Gasteiger partial charge in [0.2, 0.25) is 0 Å². The topological polar surface area (TPSA) is 40.5 Å². The molecule has 0 aromatic rings. The van der Waals surface area contributed by atoms with Gasteiger partial charge < -0.3 is 10.2 Å². The monoisotopic (exact) mass is 222 g/mol. The summed E-state index contributed by atoms with van der Waals surface area (Å²) in [4.78, 5) is 0. The molecule has 2 N–H and O–H groups in total. The van der Waals surface area contributed by atoms with Crippen LogP contribution in [0.3, 0.4) is 0 Å². The lowest BCUT2D eigenvalue weighted by atomic mass is 9.54. The van der Waals surface area contributed by atoms with Crippen molar-refractivity contribution in [2.75, 3.05) is 0 Å². The van der Waals surface area contributed by atoms with Crippen LogP contribution in [0.1, 0.15) is 57.8 Å². The van der Waals surface area contributed by atoms with Crippen molar-refractivity contribution in [2.45, 2.75) is 69.5 Å². The number of terminal acetylenes is 1. The van der Waals surface area contributed by atoms with E-state index in [2.05, 4.69) is 5.92 Å². The van der Waals surface area contributed by atoms with Crippen molar-refractivity contribution in [2.24, 2.45) is 5.41 Å². The second kappa shape index (κ2) is 4.39. The number of aliphatic hydroxyl groups is 2. The van der Waals surface area contributed by atoms with Crippen LogP contribution in [-0.4, -0.2) is 21.9 Å². The molecule has 16 heavy (non-hydrogen) atoms. The summed E-state index contributed by atoms with van der Waals surface area (Å²) in [7, 11) is 0. The average Bonchev–Trinajstić information content (AvgIpc) is 2.26. The van der Waals surface area contributed by atoms with E-state index in [-0.39, 0.29) is 11.5 Å². The lowest BCUT2D eigenvalue weighted by Crippen LogP contribution is -2.58. The van der Waals surface area contributed by atoms with Crippen LogP contribution in [0.15, 0.2) is 0 Å². The summed E-state index contributed by atoms with van der Waals surface area (Å²) in [5, 5.41) is 21.1. The standard InChI is InChI=1S/C14H22O2/c1-2-8-14(16)11-6-5-10-13(14)9-4-3-7-12(13)15/h1,12,15-16H,3-11H2/t12-,13-,14+/m0/s1. The van der Waals surface area contributed by atoms with Crippen LogP contribution in [0.5, 0.6) is 0 Å². The Labute approximate surface area is 98.1 Å². The van der Waals surface area contributed by atoms with E-state index < -0.39 is 5.60 Å². The van der Waals surface area contributed by atoms with E-state index >= 15 is 0 Å². The Balaban J connectivity index is 2.29.